The number of fused-ring (bicyclic) bond motifs is 1. The molecule has 1 aliphatic heterocycles. The van der Waals surface area contributed by atoms with Gasteiger partial charge >= 0.3 is 6.29 Å². The fourth-order valence-electron chi connectivity index (χ4n) is 1.91. The molecular weight excluding hydrogens is 351 g/mol. The van der Waals surface area contributed by atoms with Gasteiger partial charge in [0.1, 0.15) is 5.82 Å². The minimum absolute atomic E-state index is 0.0137. The Morgan fingerprint density at radius 2 is 1.81 bits per heavy atom. The normalized spacial score (nSPS) is 15.0. The van der Waals surface area contributed by atoms with Crippen LogP contribution in [0, 0.1) is 5.82 Å². The standard InChI is InChI=1S/C14H9BrF3NO2/c15-10-3-1-8(5-11(10)16)7-19-9-2-4-12-13(6-9)21-14(17,18)20-12/h1-6,19H,7H2. The lowest BCUT2D eigenvalue weighted by atomic mass is 10.2. The fraction of sp³-hybridized carbons (Fsp3) is 0.143. The molecule has 0 bridgehead atoms. The molecule has 21 heavy (non-hydrogen) atoms. The maximum Gasteiger partial charge on any atom is 0.586 e. The third kappa shape index (κ3) is 3.07. The van der Waals surface area contributed by atoms with E-state index in [1.807, 2.05) is 0 Å². The van der Waals surface area contributed by atoms with Gasteiger partial charge in [0, 0.05) is 18.3 Å². The third-order valence-electron chi connectivity index (χ3n) is 2.88. The van der Waals surface area contributed by atoms with Crippen LogP contribution in [0.4, 0.5) is 18.9 Å². The van der Waals surface area contributed by atoms with Crippen molar-refractivity contribution >= 4 is 21.6 Å². The van der Waals surface area contributed by atoms with Crippen LogP contribution in [-0.2, 0) is 6.54 Å². The van der Waals surface area contributed by atoms with Crippen molar-refractivity contribution in [2.24, 2.45) is 0 Å². The van der Waals surface area contributed by atoms with Crippen LogP contribution in [0.2, 0.25) is 0 Å². The van der Waals surface area contributed by atoms with Crippen molar-refractivity contribution in [1.29, 1.82) is 0 Å². The molecule has 0 aliphatic carbocycles. The molecule has 0 unspecified atom stereocenters. The summed E-state index contributed by atoms with van der Waals surface area (Å²) in [6, 6.07) is 9.12. The van der Waals surface area contributed by atoms with E-state index in [9.17, 15) is 13.2 Å². The SMILES string of the molecule is Fc1cc(CNc2ccc3c(c2)OC(F)(F)O3)ccc1Br. The first-order chi connectivity index (χ1) is 9.93. The highest BCUT2D eigenvalue weighted by atomic mass is 79.9. The molecule has 3 rings (SSSR count). The maximum atomic E-state index is 13.4. The lowest BCUT2D eigenvalue weighted by Crippen LogP contribution is -2.25. The Hall–Kier alpha value is -1.89. The second kappa shape index (κ2) is 5.14. The zero-order valence-electron chi connectivity index (χ0n) is 10.5. The van der Waals surface area contributed by atoms with Gasteiger partial charge in [-0.25, -0.2) is 4.39 Å². The summed E-state index contributed by atoms with van der Waals surface area (Å²) in [6.45, 7) is 0.347. The number of nitrogens with one attached hydrogen (secondary N) is 1. The monoisotopic (exact) mass is 359 g/mol. The molecule has 2 aromatic carbocycles. The summed E-state index contributed by atoms with van der Waals surface area (Å²) in [5.41, 5.74) is 1.29. The number of ether oxygens (including phenoxy) is 2. The van der Waals surface area contributed by atoms with Crippen molar-refractivity contribution in [3.05, 3.63) is 52.3 Å². The molecule has 0 radical (unpaired) electrons. The number of hydrogen-bond acceptors (Lipinski definition) is 3. The number of hydrogen-bond donors (Lipinski definition) is 1. The van der Waals surface area contributed by atoms with Gasteiger partial charge in [-0.3, -0.25) is 0 Å². The molecule has 0 saturated heterocycles. The van der Waals surface area contributed by atoms with E-state index >= 15 is 0 Å². The molecule has 0 amide bonds. The van der Waals surface area contributed by atoms with Crippen molar-refractivity contribution in [2.75, 3.05) is 5.32 Å². The Kier molecular flexibility index (Phi) is 3.44. The molecule has 110 valence electrons. The molecule has 1 aliphatic rings. The lowest BCUT2D eigenvalue weighted by molar-refractivity contribution is -0.286. The summed E-state index contributed by atoms with van der Waals surface area (Å²) in [5, 5.41) is 3.00. The molecule has 0 spiro atoms. The Balaban J connectivity index is 1.71. The second-order valence-electron chi connectivity index (χ2n) is 4.43. The molecule has 1 N–H and O–H groups in total. The summed E-state index contributed by atoms with van der Waals surface area (Å²) in [5.74, 6) is -0.410. The van der Waals surface area contributed by atoms with E-state index in [4.69, 9.17) is 0 Å². The summed E-state index contributed by atoms with van der Waals surface area (Å²) >= 11 is 3.07. The number of halogens is 4. The molecule has 1 heterocycles. The molecular formula is C14H9BrF3NO2. The largest absolute Gasteiger partial charge is 0.586 e. The van der Waals surface area contributed by atoms with Crippen molar-refractivity contribution in [2.45, 2.75) is 12.8 Å². The van der Waals surface area contributed by atoms with Crippen LogP contribution in [0.25, 0.3) is 0 Å². The first kappa shape index (κ1) is 14.1. The Bertz CT molecular complexity index is 694. The van der Waals surface area contributed by atoms with E-state index in [1.54, 1.807) is 18.2 Å². The van der Waals surface area contributed by atoms with E-state index in [0.717, 1.165) is 5.56 Å². The average molecular weight is 360 g/mol. The molecule has 0 atom stereocenters. The molecule has 7 heteroatoms. The number of alkyl halides is 2. The lowest BCUT2D eigenvalue weighted by Gasteiger charge is -2.08. The first-order valence-corrected chi connectivity index (χ1v) is 6.80. The van der Waals surface area contributed by atoms with E-state index in [-0.39, 0.29) is 17.3 Å². The van der Waals surface area contributed by atoms with Crippen molar-refractivity contribution in [3.63, 3.8) is 0 Å². The quantitative estimate of drug-likeness (QED) is 0.873. The van der Waals surface area contributed by atoms with Gasteiger partial charge < -0.3 is 14.8 Å². The Morgan fingerprint density at radius 3 is 2.57 bits per heavy atom. The van der Waals surface area contributed by atoms with Crippen molar-refractivity contribution in [3.8, 4) is 11.5 Å². The smallest absolute Gasteiger partial charge is 0.395 e. The van der Waals surface area contributed by atoms with Gasteiger partial charge in [-0.2, -0.15) is 0 Å². The average Bonchev–Trinajstić information content (AvgIpc) is 2.73. The highest BCUT2D eigenvalue weighted by Gasteiger charge is 2.43. The number of anilines is 1. The zero-order chi connectivity index (χ0) is 15.0. The minimum atomic E-state index is -3.63. The van der Waals surface area contributed by atoms with Crippen LogP contribution >= 0.6 is 15.9 Å². The van der Waals surface area contributed by atoms with Crippen LogP contribution in [-0.4, -0.2) is 6.29 Å². The summed E-state index contributed by atoms with van der Waals surface area (Å²) in [7, 11) is 0. The van der Waals surface area contributed by atoms with Crippen LogP contribution in [0.1, 0.15) is 5.56 Å². The molecule has 0 saturated carbocycles. The highest BCUT2D eigenvalue weighted by molar-refractivity contribution is 9.10. The topological polar surface area (TPSA) is 30.5 Å². The van der Waals surface area contributed by atoms with Crippen molar-refractivity contribution in [1.82, 2.24) is 0 Å². The zero-order valence-corrected chi connectivity index (χ0v) is 12.1. The minimum Gasteiger partial charge on any atom is -0.395 e. The predicted octanol–water partition coefficient (Wildman–Crippen LogP) is 4.52. The van der Waals surface area contributed by atoms with Gasteiger partial charge in [0.05, 0.1) is 4.47 Å². The van der Waals surface area contributed by atoms with Gasteiger partial charge in [0.15, 0.2) is 11.5 Å². The molecule has 0 fully saturated rings. The van der Waals surface area contributed by atoms with E-state index in [2.05, 4.69) is 30.7 Å². The Labute approximate surface area is 126 Å². The molecule has 2 aromatic rings. The van der Waals surface area contributed by atoms with Gasteiger partial charge in [0.2, 0.25) is 0 Å². The molecule has 0 aromatic heterocycles. The van der Waals surface area contributed by atoms with Gasteiger partial charge in [-0.1, -0.05) is 6.07 Å². The fourth-order valence-corrected chi connectivity index (χ4v) is 2.16. The summed E-state index contributed by atoms with van der Waals surface area (Å²) < 4.78 is 48.2. The van der Waals surface area contributed by atoms with E-state index < -0.39 is 6.29 Å². The van der Waals surface area contributed by atoms with Crippen LogP contribution in [0.15, 0.2) is 40.9 Å². The van der Waals surface area contributed by atoms with Crippen LogP contribution in [0.5, 0.6) is 11.5 Å². The van der Waals surface area contributed by atoms with E-state index in [0.29, 0.717) is 16.7 Å². The third-order valence-corrected chi connectivity index (χ3v) is 3.53. The highest BCUT2D eigenvalue weighted by Crippen LogP contribution is 2.42. The van der Waals surface area contributed by atoms with Crippen LogP contribution in [0.3, 0.4) is 0 Å². The summed E-state index contributed by atoms with van der Waals surface area (Å²) in [6.07, 6.45) is -3.63. The number of rotatable bonds is 3. The predicted molar refractivity (Wildman–Crippen MR) is 74.1 cm³/mol. The maximum absolute atomic E-state index is 13.4. The molecule has 3 nitrogen and oxygen atoms in total. The second-order valence-corrected chi connectivity index (χ2v) is 5.29. The first-order valence-electron chi connectivity index (χ1n) is 6.01. The van der Waals surface area contributed by atoms with Gasteiger partial charge in [-0.05, 0) is 45.8 Å². The van der Waals surface area contributed by atoms with Crippen molar-refractivity contribution < 1.29 is 22.6 Å². The Morgan fingerprint density at radius 1 is 1.05 bits per heavy atom. The van der Waals surface area contributed by atoms with Gasteiger partial charge in [-0.15, -0.1) is 8.78 Å². The van der Waals surface area contributed by atoms with Crippen LogP contribution < -0.4 is 14.8 Å². The summed E-state index contributed by atoms with van der Waals surface area (Å²) in [4.78, 5) is 0. The number of benzene rings is 2. The van der Waals surface area contributed by atoms with Gasteiger partial charge in [0.25, 0.3) is 0 Å². The van der Waals surface area contributed by atoms with E-state index in [1.165, 1.54) is 18.2 Å².